The Labute approximate surface area is 170 Å². The summed E-state index contributed by atoms with van der Waals surface area (Å²) in [4.78, 5) is 14.3. The Hall–Kier alpha value is -2.28. The van der Waals surface area contributed by atoms with Crippen LogP contribution in [0.1, 0.15) is 42.4 Å². The first-order valence-electron chi connectivity index (χ1n) is 8.96. The van der Waals surface area contributed by atoms with Gasteiger partial charge in [-0.15, -0.1) is 11.3 Å². The van der Waals surface area contributed by atoms with Crippen molar-refractivity contribution < 1.29 is 13.2 Å². The molecule has 3 rings (SSSR count). The fourth-order valence-electron chi connectivity index (χ4n) is 3.15. The van der Waals surface area contributed by atoms with E-state index in [1.54, 1.807) is 24.3 Å². The average Bonchev–Trinajstić information content (AvgIpc) is 3.14. The smallest absolute Gasteiger partial charge is 0.241 e. The van der Waals surface area contributed by atoms with Crippen LogP contribution in [-0.2, 0) is 16.6 Å². The summed E-state index contributed by atoms with van der Waals surface area (Å²) in [6, 6.07) is 14.6. The number of ketones is 1. The lowest BCUT2D eigenvalue weighted by Crippen LogP contribution is -2.25. The van der Waals surface area contributed by atoms with Crippen LogP contribution in [0.4, 0.5) is 0 Å². The van der Waals surface area contributed by atoms with Crippen molar-refractivity contribution in [1.29, 1.82) is 0 Å². The SMILES string of the molecule is Cc1cc(C)c(C)c(S(=O)(=O)NCc2ccc(C(=O)c3ccccc3)s2)c1C. The van der Waals surface area contributed by atoms with E-state index in [-0.39, 0.29) is 12.3 Å². The van der Waals surface area contributed by atoms with Crippen molar-refractivity contribution in [3.8, 4) is 0 Å². The number of benzene rings is 2. The van der Waals surface area contributed by atoms with Gasteiger partial charge >= 0.3 is 0 Å². The standard InChI is InChI=1S/C22H23NO3S2/c1-14-12-15(2)17(4)22(16(14)3)28(25,26)23-13-19-10-11-20(27-19)21(24)18-8-6-5-7-9-18/h5-12,23H,13H2,1-4H3. The summed E-state index contributed by atoms with van der Waals surface area (Å²) in [5, 5.41) is 0. The molecule has 0 saturated heterocycles. The molecule has 0 unspecified atom stereocenters. The molecule has 3 aromatic rings. The molecule has 1 heterocycles. The third-order valence-corrected chi connectivity index (χ3v) is 7.68. The molecule has 0 aliphatic carbocycles. The van der Waals surface area contributed by atoms with Crippen LogP contribution in [0.25, 0.3) is 0 Å². The van der Waals surface area contributed by atoms with Crippen molar-refractivity contribution in [3.63, 3.8) is 0 Å². The third kappa shape index (κ3) is 4.09. The van der Waals surface area contributed by atoms with Crippen LogP contribution < -0.4 is 4.72 Å². The van der Waals surface area contributed by atoms with Crippen LogP contribution in [0.2, 0.25) is 0 Å². The summed E-state index contributed by atoms with van der Waals surface area (Å²) in [5.41, 5.74) is 4.06. The second kappa shape index (κ2) is 7.99. The zero-order chi connectivity index (χ0) is 20.5. The van der Waals surface area contributed by atoms with E-state index in [0.29, 0.717) is 15.3 Å². The van der Waals surface area contributed by atoms with Crippen molar-refractivity contribution in [2.75, 3.05) is 0 Å². The van der Waals surface area contributed by atoms with Gasteiger partial charge in [0.05, 0.1) is 9.77 Å². The fraction of sp³-hybridized carbons (Fsp3) is 0.227. The second-order valence-electron chi connectivity index (χ2n) is 6.88. The number of sulfonamides is 1. The van der Waals surface area contributed by atoms with Gasteiger partial charge in [-0.05, 0) is 62.1 Å². The summed E-state index contributed by atoms with van der Waals surface area (Å²) in [7, 11) is -3.66. The van der Waals surface area contributed by atoms with Crippen molar-refractivity contribution in [3.05, 3.63) is 86.1 Å². The molecule has 0 fully saturated rings. The Balaban J connectivity index is 1.80. The van der Waals surface area contributed by atoms with Gasteiger partial charge in [0.15, 0.2) is 0 Å². The Bertz CT molecular complexity index is 1100. The first kappa shape index (κ1) is 20.5. The molecule has 1 aromatic heterocycles. The Morgan fingerprint density at radius 1 is 0.929 bits per heavy atom. The maximum absolute atomic E-state index is 12.9. The van der Waals surface area contributed by atoms with Gasteiger partial charge in [-0.25, -0.2) is 13.1 Å². The van der Waals surface area contributed by atoms with E-state index in [4.69, 9.17) is 0 Å². The van der Waals surface area contributed by atoms with E-state index in [1.165, 1.54) is 11.3 Å². The molecule has 2 aromatic carbocycles. The summed E-state index contributed by atoms with van der Waals surface area (Å²) in [6.07, 6.45) is 0. The van der Waals surface area contributed by atoms with E-state index < -0.39 is 10.0 Å². The lowest BCUT2D eigenvalue weighted by atomic mass is 10.0. The normalized spacial score (nSPS) is 11.6. The van der Waals surface area contributed by atoms with Crippen molar-refractivity contribution in [2.24, 2.45) is 0 Å². The third-order valence-electron chi connectivity index (χ3n) is 4.92. The maximum Gasteiger partial charge on any atom is 0.241 e. The van der Waals surface area contributed by atoms with E-state index in [2.05, 4.69) is 4.72 Å². The number of aryl methyl sites for hydroxylation is 2. The molecule has 0 aliphatic rings. The van der Waals surface area contributed by atoms with Gasteiger partial charge < -0.3 is 0 Å². The molecule has 0 amide bonds. The highest BCUT2D eigenvalue weighted by molar-refractivity contribution is 7.89. The van der Waals surface area contributed by atoms with Crippen molar-refractivity contribution >= 4 is 27.1 Å². The summed E-state index contributed by atoms with van der Waals surface area (Å²) in [6.45, 7) is 7.65. The molecule has 0 aliphatic heterocycles. The van der Waals surface area contributed by atoms with Crippen molar-refractivity contribution in [2.45, 2.75) is 39.1 Å². The molecule has 146 valence electrons. The zero-order valence-electron chi connectivity index (χ0n) is 16.4. The molecule has 28 heavy (non-hydrogen) atoms. The highest BCUT2D eigenvalue weighted by Gasteiger charge is 2.22. The number of thiophene rings is 1. The molecule has 6 heteroatoms. The van der Waals surface area contributed by atoms with Gasteiger partial charge in [0, 0.05) is 17.0 Å². The second-order valence-corrected chi connectivity index (χ2v) is 9.75. The number of hydrogen-bond donors (Lipinski definition) is 1. The molecule has 1 N–H and O–H groups in total. The van der Waals surface area contributed by atoms with Crippen LogP contribution in [-0.4, -0.2) is 14.2 Å². The zero-order valence-corrected chi connectivity index (χ0v) is 18.0. The van der Waals surface area contributed by atoms with Gasteiger partial charge in [0.2, 0.25) is 15.8 Å². The number of carbonyl (C=O) groups is 1. The molecular formula is C22H23NO3S2. The van der Waals surface area contributed by atoms with Crippen molar-refractivity contribution in [1.82, 2.24) is 4.72 Å². The van der Waals surface area contributed by atoms with Crippen LogP contribution in [0.5, 0.6) is 0 Å². The molecule has 4 nitrogen and oxygen atoms in total. The van der Waals surface area contributed by atoms with Gasteiger partial charge in [-0.2, -0.15) is 0 Å². The number of nitrogens with one attached hydrogen (secondary N) is 1. The Morgan fingerprint density at radius 3 is 2.14 bits per heavy atom. The maximum atomic E-state index is 12.9. The van der Waals surface area contributed by atoms with Crippen LogP contribution in [0, 0.1) is 27.7 Å². The lowest BCUT2D eigenvalue weighted by Gasteiger charge is -2.16. The molecule has 0 radical (unpaired) electrons. The number of hydrogen-bond acceptors (Lipinski definition) is 4. The summed E-state index contributed by atoms with van der Waals surface area (Å²) >= 11 is 1.31. The van der Waals surface area contributed by atoms with Crippen LogP contribution >= 0.6 is 11.3 Å². The lowest BCUT2D eigenvalue weighted by molar-refractivity contribution is 0.104. The van der Waals surface area contributed by atoms with E-state index >= 15 is 0 Å². The highest BCUT2D eigenvalue weighted by Crippen LogP contribution is 2.27. The molecule has 0 spiro atoms. The summed E-state index contributed by atoms with van der Waals surface area (Å²) in [5.74, 6) is -0.0549. The van der Waals surface area contributed by atoms with Crippen LogP contribution in [0.3, 0.4) is 0 Å². The molecule has 0 atom stereocenters. The molecular weight excluding hydrogens is 390 g/mol. The minimum absolute atomic E-state index is 0.0549. The topological polar surface area (TPSA) is 63.2 Å². The minimum atomic E-state index is -3.66. The van der Waals surface area contributed by atoms with Gasteiger partial charge in [-0.1, -0.05) is 36.4 Å². The molecule has 0 saturated carbocycles. The molecule has 0 bridgehead atoms. The van der Waals surface area contributed by atoms with Gasteiger partial charge in [0.25, 0.3) is 0 Å². The predicted molar refractivity (Wildman–Crippen MR) is 114 cm³/mol. The van der Waals surface area contributed by atoms with E-state index in [0.717, 1.165) is 27.1 Å². The quantitative estimate of drug-likeness (QED) is 0.596. The number of carbonyl (C=O) groups excluding carboxylic acids is 1. The minimum Gasteiger partial charge on any atom is -0.288 e. The fourth-order valence-corrected chi connectivity index (χ4v) is 5.77. The monoisotopic (exact) mass is 413 g/mol. The largest absolute Gasteiger partial charge is 0.288 e. The first-order chi connectivity index (χ1) is 13.2. The summed E-state index contributed by atoms with van der Waals surface area (Å²) < 4.78 is 28.6. The number of rotatable bonds is 6. The average molecular weight is 414 g/mol. The first-order valence-corrected chi connectivity index (χ1v) is 11.3. The van der Waals surface area contributed by atoms with Crippen LogP contribution in [0.15, 0.2) is 53.4 Å². The predicted octanol–water partition coefficient (Wildman–Crippen LogP) is 4.69. The van der Waals surface area contributed by atoms with E-state index in [9.17, 15) is 13.2 Å². The van der Waals surface area contributed by atoms with E-state index in [1.807, 2.05) is 52.0 Å². The Morgan fingerprint density at radius 2 is 1.54 bits per heavy atom. The van der Waals surface area contributed by atoms with Gasteiger partial charge in [0.1, 0.15) is 0 Å². The van der Waals surface area contributed by atoms with Gasteiger partial charge in [-0.3, -0.25) is 4.79 Å². The Kier molecular flexibility index (Phi) is 5.84. The highest BCUT2D eigenvalue weighted by atomic mass is 32.2.